The Labute approximate surface area is 203 Å². The lowest BCUT2D eigenvalue weighted by Crippen LogP contribution is -2.41. The SMILES string of the molecule is CC(C)(C)[Si](C)(C)OCC[C@@H]1[C@@H]2CC(=O)O[C@@H]2C[C@@H]1OC(=O)c1ccc(-c2ccccc2)cc1. The van der Waals surface area contributed by atoms with E-state index in [0.29, 0.717) is 25.0 Å². The first-order valence-corrected chi connectivity index (χ1v) is 15.2. The molecule has 2 aromatic rings. The number of carbonyl (C=O) groups is 2. The van der Waals surface area contributed by atoms with E-state index in [1.807, 2.05) is 54.6 Å². The Kier molecular flexibility index (Phi) is 7.01. The van der Waals surface area contributed by atoms with Gasteiger partial charge in [0.2, 0.25) is 0 Å². The highest BCUT2D eigenvalue weighted by Gasteiger charge is 2.51. The Morgan fingerprint density at radius 1 is 1.03 bits per heavy atom. The maximum atomic E-state index is 13.0. The summed E-state index contributed by atoms with van der Waals surface area (Å²) >= 11 is 0. The van der Waals surface area contributed by atoms with E-state index in [-0.39, 0.29) is 41.0 Å². The van der Waals surface area contributed by atoms with Gasteiger partial charge in [-0.25, -0.2) is 4.79 Å². The van der Waals surface area contributed by atoms with E-state index in [2.05, 4.69) is 33.9 Å². The highest BCUT2D eigenvalue weighted by molar-refractivity contribution is 6.74. The zero-order chi connectivity index (χ0) is 24.5. The molecular weight excluding hydrogens is 444 g/mol. The maximum absolute atomic E-state index is 13.0. The van der Waals surface area contributed by atoms with Crippen molar-refractivity contribution < 1.29 is 23.5 Å². The Balaban J connectivity index is 1.42. The van der Waals surface area contributed by atoms with Gasteiger partial charge in [-0.1, -0.05) is 63.2 Å². The van der Waals surface area contributed by atoms with Crippen LogP contribution in [0.2, 0.25) is 18.1 Å². The summed E-state index contributed by atoms with van der Waals surface area (Å²) in [5.41, 5.74) is 2.69. The fraction of sp³-hybridized carbons (Fsp3) is 0.500. The molecular formula is C28H36O5Si. The van der Waals surface area contributed by atoms with Crippen LogP contribution in [0.15, 0.2) is 54.6 Å². The van der Waals surface area contributed by atoms with Crippen molar-refractivity contribution in [3.05, 3.63) is 60.2 Å². The summed E-state index contributed by atoms with van der Waals surface area (Å²) in [6.07, 6.45) is 1.29. The fourth-order valence-corrected chi connectivity index (χ4v) is 5.86. The van der Waals surface area contributed by atoms with E-state index < -0.39 is 8.32 Å². The molecule has 5 nitrogen and oxygen atoms in total. The summed E-state index contributed by atoms with van der Waals surface area (Å²) in [4.78, 5) is 24.9. The van der Waals surface area contributed by atoms with Crippen molar-refractivity contribution in [1.82, 2.24) is 0 Å². The number of carbonyl (C=O) groups excluding carboxylic acids is 2. The van der Waals surface area contributed by atoms with Gasteiger partial charge in [-0.05, 0) is 47.8 Å². The largest absolute Gasteiger partial charge is 0.462 e. The van der Waals surface area contributed by atoms with E-state index in [0.717, 1.165) is 17.5 Å². The topological polar surface area (TPSA) is 61.8 Å². The quantitative estimate of drug-likeness (QED) is 0.347. The van der Waals surface area contributed by atoms with Crippen molar-refractivity contribution in [2.45, 2.75) is 70.4 Å². The average molecular weight is 481 g/mol. The Morgan fingerprint density at radius 2 is 1.68 bits per heavy atom. The Hall–Kier alpha value is -2.44. The summed E-state index contributed by atoms with van der Waals surface area (Å²) in [5, 5.41) is 0.134. The molecule has 1 heterocycles. The van der Waals surface area contributed by atoms with Gasteiger partial charge in [-0.3, -0.25) is 4.79 Å². The zero-order valence-corrected chi connectivity index (χ0v) is 21.9. The summed E-state index contributed by atoms with van der Waals surface area (Å²) in [5.74, 6) is -0.319. The number of esters is 2. The highest BCUT2D eigenvalue weighted by atomic mass is 28.4. The monoisotopic (exact) mass is 480 g/mol. The van der Waals surface area contributed by atoms with Gasteiger partial charge in [0.05, 0.1) is 12.0 Å². The lowest BCUT2D eigenvalue weighted by Gasteiger charge is -2.36. The molecule has 2 fully saturated rings. The normalized spacial score (nSPS) is 24.6. The molecule has 6 heteroatoms. The van der Waals surface area contributed by atoms with E-state index in [1.165, 1.54) is 0 Å². The molecule has 2 aliphatic rings. The molecule has 0 radical (unpaired) electrons. The van der Waals surface area contributed by atoms with Crippen LogP contribution in [-0.2, 0) is 18.7 Å². The van der Waals surface area contributed by atoms with Crippen LogP contribution in [0.1, 0.15) is 50.4 Å². The maximum Gasteiger partial charge on any atom is 0.338 e. The predicted molar refractivity (Wildman–Crippen MR) is 135 cm³/mol. The first-order valence-electron chi connectivity index (χ1n) is 12.2. The summed E-state index contributed by atoms with van der Waals surface area (Å²) in [6.45, 7) is 11.8. The second-order valence-electron chi connectivity index (χ2n) is 11.1. The third-order valence-corrected chi connectivity index (χ3v) is 12.4. The van der Waals surface area contributed by atoms with Gasteiger partial charge in [0.1, 0.15) is 12.2 Å². The first-order chi connectivity index (χ1) is 16.0. The zero-order valence-electron chi connectivity index (χ0n) is 20.9. The highest BCUT2D eigenvalue weighted by Crippen LogP contribution is 2.45. The number of ether oxygens (including phenoxy) is 2. The minimum absolute atomic E-state index is 0.0637. The third kappa shape index (κ3) is 5.28. The molecule has 0 aromatic heterocycles. The molecule has 4 atom stereocenters. The molecule has 1 saturated heterocycles. The van der Waals surface area contributed by atoms with Crippen molar-refractivity contribution in [3.63, 3.8) is 0 Å². The van der Waals surface area contributed by atoms with Crippen LogP contribution in [0.25, 0.3) is 11.1 Å². The molecule has 2 aromatic carbocycles. The van der Waals surface area contributed by atoms with E-state index in [4.69, 9.17) is 13.9 Å². The van der Waals surface area contributed by atoms with Crippen LogP contribution in [0.5, 0.6) is 0 Å². The van der Waals surface area contributed by atoms with E-state index in [1.54, 1.807) is 0 Å². The standard InChI is InChI=1S/C28H36O5Si/c1-28(2,3)34(4,5)31-16-15-22-23-17-26(29)32-25(23)18-24(22)33-27(30)21-13-11-20(12-14-21)19-9-7-6-8-10-19/h6-14,22-25H,15-18H2,1-5H3/t22-,23+,24+,25-/m1/s1. The molecule has 34 heavy (non-hydrogen) atoms. The number of benzene rings is 2. The molecule has 1 aliphatic heterocycles. The molecule has 0 bridgehead atoms. The van der Waals surface area contributed by atoms with Crippen LogP contribution in [0, 0.1) is 11.8 Å². The Morgan fingerprint density at radius 3 is 2.32 bits per heavy atom. The molecule has 0 N–H and O–H groups in total. The van der Waals surface area contributed by atoms with E-state index in [9.17, 15) is 9.59 Å². The second kappa shape index (κ2) is 9.66. The number of rotatable bonds is 7. The molecule has 0 amide bonds. The van der Waals surface area contributed by atoms with Crippen LogP contribution in [0.3, 0.4) is 0 Å². The summed E-state index contributed by atoms with van der Waals surface area (Å²) in [7, 11) is -1.87. The molecule has 1 aliphatic carbocycles. The fourth-order valence-electron chi connectivity index (χ4n) is 4.79. The van der Waals surface area contributed by atoms with Gasteiger partial charge in [0.15, 0.2) is 8.32 Å². The molecule has 0 spiro atoms. The minimum Gasteiger partial charge on any atom is -0.462 e. The van der Waals surface area contributed by atoms with Crippen molar-refractivity contribution >= 4 is 20.3 Å². The number of hydrogen-bond donors (Lipinski definition) is 0. The Bertz CT molecular complexity index is 1010. The first kappa shape index (κ1) is 24.7. The van der Waals surface area contributed by atoms with Crippen LogP contribution < -0.4 is 0 Å². The molecule has 182 valence electrons. The average Bonchev–Trinajstić information content (AvgIpc) is 3.29. The van der Waals surface area contributed by atoms with Crippen molar-refractivity contribution in [2.75, 3.05) is 6.61 Å². The smallest absolute Gasteiger partial charge is 0.338 e. The van der Waals surface area contributed by atoms with Gasteiger partial charge in [0, 0.05) is 24.9 Å². The second-order valence-corrected chi connectivity index (χ2v) is 15.9. The lowest BCUT2D eigenvalue weighted by atomic mass is 9.89. The van der Waals surface area contributed by atoms with Crippen LogP contribution >= 0.6 is 0 Å². The van der Waals surface area contributed by atoms with E-state index >= 15 is 0 Å². The number of hydrogen-bond acceptors (Lipinski definition) is 5. The van der Waals surface area contributed by atoms with Gasteiger partial charge in [0.25, 0.3) is 0 Å². The third-order valence-electron chi connectivity index (χ3n) is 7.86. The molecule has 4 rings (SSSR count). The number of fused-ring (bicyclic) bond motifs is 1. The van der Waals surface area contributed by atoms with Gasteiger partial charge < -0.3 is 13.9 Å². The van der Waals surface area contributed by atoms with Crippen molar-refractivity contribution in [3.8, 4) is 11.1 Å². The van der Waals surface area contributed by atoms with Crippen LogP contribution in [0.4, 0.5) is 0 Å². The van der Waals surface area contributed by atoms with Crippen molar-refractivity contribution in [1.29, 1.82) is 0 Å². The van der Waals surface area contributed by atoms with Gasteiger partial charge in [-0.15, -0.1) is 0 Å². The predicted octanol–water partition coefficient (Wildman–Crippen LogP) is 6.24. The van der Waals surface area contributed by atoms with Crippen LogP contribution in [-0.4, -0.2) is 39.1 Å². The van der Waals surface area contributed by atoms with Gasteiger partial charge in [-0.2, -0.15) is 0 Å². The summed E-state index contributed by atoms with van der Waals surface area (Å²) in [6, 6.07) is 17.6. The van der Waals surface area contributed by atoms with Gasteiger partial charge >= 0.3 is 11.9 Å². The minimum atomic E-state index is -1.87. The van der Waals surface area contributed by atoms with Crippen molar-refractivity contribution in [2.24, 2.45) is 11.8 Å². The lowest BCUT2D eigenvalue weighted by molar-refractivity contribution is -0.141. The summed E-state index contributed by atoms with van der Waals surface area (Å²) < 4.78 is 17.9. The molecule has 1 saturated carbocycles. The molecule has 0 unspecified atom stereocenters.